The first-order chi connectivity index (χ1) is 10.1. The average Bonchev–Trinajstić information content (AvgIpc) is 2.87. The molecule has 2 aromatic rings. The minimum atomic E-state index is -0.262. The van der Waals surface area contributed by atoms with Crippen molar-refractivity contribution in [3.8, 4) is 0 Å². The second-order valence-electron chi connectivity index (χ2n) is 5.69. The number of methoxy groups -OCH3 is 1. The molecule has 1 aromatic carbocycles. The lowest BCUT2D eigenvalue weighted by atomic mass is 10.1. The van der Waals surface area contributed by atoms with Gasteiger partial charge < -0.3 is 9.30 Å². The van der Waals surface area contributed by atoms with Crippen molar-refractivity contribution in [2.24, 2.45) is 5.92 Å². The van der Waals surface area contributed by atoms with Crippen LogP contribution in [0.2, 0.25) is 0 Å². The van der Waals surface area contributed by atoms with Crippen LogP contribution in [0.1, 0.15) is 35.6 Å². The number of aromatic nitrogens is 1. The smallest absolute Gasteiger partial charge is 0.354 e. The second-order valence-corrected chi connectivity index (χ2v) is 5.69. The van der Waals surface area contributed by atoms with Gasteiger partial charge in [-0.25, -0.2) is 4.79 Å². The highest BCUT2D eigenvalue weighted by molar-refractivity contribution is 5.87. The average molecular weight is 285 g/mol. The molecule has 0 unspecified atom stereocenters. The molecular weight excluding hydrogens is 262 g/mol. The lowest BCUT2D eigenvalue weighted by Gasteiger charge is -2.15. The number of carbonyl (C=O) groups excluding carboxylic acids is 1. The van der Waals surface area contributed by atoms with E-state index in [4.69, 9.17) is 4.74 Å². The first kappa shape index (κ1) is 15.4. The summed E-state index contributed by atoms with van der Waals surface area (Å²) < 4.78 is 6.97. The number of hydrogen-bond donors (Lipinski definition) is 0. The van der Waals surface area contributed by atoms with Gasteiger partial charge in [-0.3, -0.25) is 0 Å². The van der Waals surface area contributed by atoms with Crippen LogP contribution in [0, 0.1) is 5.92 Å². The molecule has 0 atom stereocenters. The molecule has 112 valence electrons. The Morgan fingerprint density at radius 1 is 1.10 bits per heavy atom. The predicted molar refractivity (Wildman–Crippen MR) is 84.5 cm³/mol. The van der Waals surface area contributed by atoms with Crippen LogP contribution in [0.3, 0.4) is 0 Å². The van der Waals surface area contributed by atoms with Crippen molar-refractivity contribution in [1.82, 2.24) is 4.57 Å². The Kier molecular flexibility index (Phi) is 5.20. The number of carbonyl (C=O) groups is 1. The molecule has 0 N–H and O–H groups in total. The molecule has 0 amide bonds. The van der Waals surface area contributed by atoms with Crippen LogP contribution in [0.4, 0.5) is 0 Å². The van der Waals surface area contributed by atoms with Crippen LogP contribution >= 0.6 is 0 Å². The van der Waals surface area contributed by atoms with Crippen molar-refractivity contribution < 1.29 is 9.53 Å². The molecule has 3 heteroatoms. The molecule has 0 fully saturated rings. The highest BCUT2D eigenvalue weighted by Crippen LogP contribution is 2.16. The lowest BCUT2D eigenvalue weighted by Crippen LogP contribution is -2.16. The highest BCUT2D eigenvalue weighted by Gasteiger charge is 2.16. The van der Waals surface area contributed by atoms with Gasteiger partial charge in [-0.2, -0.15) is 0 Å². The molecule has 1 aromatic heterocycles. The maximum Gasteiger partial charge on any atom is 0.354 e. The van der Waals surface area contributed by atoms with Gasteiger partial charge in [0, 0.05) is 12.2 Å². The number of hydrogen-bond acceptors (Lipinski definition) is 2. The highest BCUT2D eigenvalue weighted by atomic mass is 16.5. The van der Waals surface area contributed by atoms with Gasteiger partial charge in [0.1, 0.15) is 5.69 Å². The minimum Gasteiger partial charge on any atom is -0.464 e. The molecule has 0 radical (unpaired) electrons. The molecule has 0 aliphatic heterocycles. The summed E-state index contributed by atoms with van der Waals surface area (Å²) in [7, 11) is 1.43. The summed E-state index contributed by atoms with van der Waals surface area (Å²) in [6, 6.07) is 14.3. The Morgan fingerprint density at radius 3 is 2.43 bits per heavy atom. The van der Waals surface area contributed by atoms with Gasteiger partial charge in [-0.05, 0) is 36.5 Å². The van der Waals surface area contributed by atoms with E-state index in [9.17, 15) is 4.79 Å². The monoisotopic (exact) mass is 285 g/mol. The molecule has 0 bridgehead atoms. The summed E-state index contributed by atoms with van der Waals surface area (Å²) in [5.41, 5.74) is 3.15. The zero-order valence-electron chi connectivity index (χ0n) is 13.0. The fraction of sp³-hybridized carbons (Fsp3) is 0.389. The van der Waals surface area contributed by atoms with Gasteiger partial charge in [-0.15, -0.1) is 0 Å². The van der Waals surface area contributed by atoms with Crippen LogP contribution < -0.4 is 0 Å². The summed E-state index contributed by atoms with van der Waals surface area (Å²) >= 11 is 0. The third-order valence-corrected chi connectivity index (χ3v) is 3.53. The number of benzene rings is 1. The predicted octanol–water partition coefficient (Wildman–Crippen LogP) is 3.72. The first-order valence-corrected chi connectivity index (χ1v) is 7.42. The fourth-order valence-corrected chi connectivity index (χ4v) is 2.51. The van der Waals surface area contributed by atoms with E-state index < -0.39 is 0 Å². The summed E-state index contributed by atoms with van der Waals surface area (Å²) in [6.45, 7) is 5.14. The summed E-state index contributed by atoms with van der Waals surface area (Å²) in [5, 5.41) is 0. The van der Waals surface area contributed by atoms with Crippen LogP contribution in [0.15, 0.2) is 42.5 Å². The SMILES string of the molecule is COC(=O)c1ccc(CCc2ccccc2)n1CC(C)C. The normalized spacial score (nSPS) is 10.9. The van der Waals surface area contributed by atoms with Crippen LogP contribution in [0.5, 0.6) is 0 Å². The van der Waals surface area contributed by atoms with Gasteiger partial charge in [-0.1, -0.05) is 44.2 Å². The molecule has 0 saturated heterocycles. The third-order valence-electron chi connectivity index (χ3n) is 3.53. The van der Waals surface area contributed by atoms with Crippen molar-refractivity contribution in [3.05, 3.63) is 59.4 Å². The number of nitrogens with zero attached hydrogens (tertiary/aromatic N) is 1. The van der Waals surface area contributed by atoms with Gasteiger partial charge in [0.05, 0.1) is 7.11 Å². The van der Waals surface area contributed by atoms with Crippen LogP contribution in [-0.2, 0) is 24.1 Å². The zero-order chi connectivity index (χ0) is 15.2. The molecule has 3 nitrogen and oxygen atoms in total. The Balaban J connectivity index is 2.18. The Morgan fingerprint density at radius 2 is 1.81 bits per heavy atom. The van der Waals surface area contributed by atoms with Gasteiger partial charge in [0.15, 0.2) is 0 Å². The van der Waals surface area contributed by atoms with Crippen LogP contribution in [0.25, 0.3) is 0 Å². The van der Waals surface area contributed by atoms with E-state index in [0.29, 0.717) is 11.6 Å². The molecule has 0 saturated carbocycles. The summed E-state index contributed by atoms with van der Waals surface area (Å²) in [6.07, 6.45) is 1.90. The van der Waals surface area contributed by atoms with Crippen molar-refractivity contribution in [2.45, 2.75) is 33.2 Å². The number of aryl methyl sites for hydroxylation is 2. The molecule has 0 spiro atoms. The Bertz CT molecular complexity index is 585. The lowest BCUT2D eigenvalue weighted by molar-refractivity contribution is 0.0587. The van der Waals surface area contributed by atoms with Gasteiger partial charge in [0.2, 0.25) is 0 Å². The minimum absolute atomic E-state index is 0.262. The van der Waals surface area contributed by atoms with E-state index in [0.717, 1.165) is 19.4 Å². The van der Waals surface area contributed by atoms with Gasteiger partial charge in [0.25, 0.3) is 0 Å². The molecule has 2 rings (SSSR count). The van der Waals surface area contributed by atoms with E-state index in [1.807, 2.05) is 18.2 Å². The molecule has 0 aliphatic rings. The number of rotatable bonds is 6. The van der Waals surface area contributed by atoms with Crippen molar-refractivity contribution in [1.29, 1.82) is 0 Å². The Hall–Kier alpha value is -2.03. The first-order valence-electron chi connectivity index (χ1n) is 7.42. The topological polar surface area (TPSA) is 31.2 Å². The fourth-order valence-electron chi connectivity index (χ4n) is 2.51. The van der Waals surface area contributed by atoms with E-state index in [2.05, 4.69) is 42.7 Å². The standard InChI is InChI=1S/C18H23NO2/c1-14(2)13-19-16(11-12-17(19)18(20)21-3)10-9-15-7-5-4-6-8-15/h4-8,11-12,14H,9-10,13H2,1-3H3. The quantitative estimate of drug-likeness (QED) is 0.758. The molecular formula is C18H23NO2. The van der Waals surface area contributed by atoms with E-state index in [1.54, 1.807) is 0 Å². The van der Waals surface area contributed by atoms with E-state index >= 15 is 0 Å². The number of esters is 1. The maximum absolute atomic E-state index is 11.9. The van der Waals surface area contributed by atoms with E-state index in [-0.39, 0.29) is 5.97 Å². The van der Waals surface area contributed by atoms with Crippen LogP contribution in [-0.4, -0.2) is 17.6 Å². The second kappa shape index (κ2) is 7.11. The van der Waals surface area contributed by atoms with Crippen molar-refractivity contribution >= 4 is 5.97 Å². The van der Waals surface area contributed by atoms with E-state index in [1.165, 1.54) is 18.4 Å². The molecule has 0 aliphatic carbocycles. The molecule has 21 heavy (non-hydrogen) atoms. The summed E-state index contributed by atoms with van der Waals surface area (Å²) in [5.74, 6) is 0.220. The van der Waals surface area contributed by atoms with Gasteiger partial charge >= 0.3 is 5.97 Å². The largest absolute Gasteiger partial charge is 0.464 e. The summed E-state index contributed by atoms with van der Waals surface area (Å²) in [4.78, 5) is 11.9. The third kappa shape index (κ3) is 3.97. The number of ether oxygens (including phenoxy) is 1. The zero-order valence-corrected chi connectivity index (χ0v) is 13.0. The Labute approximate surface area is 126 Å². The van der Waals surface area contributed by atoms with Crippen molar-refractivity contribution in [2.75, 3.05) is 7.11 Å². The maximum atomic E-state index is 11.9. The van der Waals surface area contributed by atoms with Crippen molar-refractivity contribution in [3.63, 3.8) is 0 Å². The molecule has 1 heterocycles.